The normalized spacial score (nSPS) is 16.8. The van der Waals surface area contributed by atoms with Crippen LogP contribution < -0.4 is 10.6 Å². The van der Waals surface area contributed by atoms with Crippen molar-refractivity contribution >= 4 is 40.7 Å². The summed E-state index contributed by atoms with van der Waals surface area (Å²) in [5.74, 6) is -2.53. The molecule has 0 aliphatic carbocycles. The van der Waals surface area contributed by atoms with Crippen molar-refractivity contribution in [3.8, 4) is 5.82 Å². The van der Waals surface area contributed by atoms with Gasteiger partial charge in [-0.2, -0.15) is 23.1 Å². The van der Waals surface area contributed by atoms with Crippen molar-refractivity contribution in [2.24, 2.45) is 0 Å². The summed E-state index contributed by atoms with van der Waals surface area (Å²) in [7, 11) is 0. The minimum Gasteiger partial charge on any atom is -0.373 e. The molecular formula is C26H24Cl2F3N9O3. The van der Waals surface area contributed by atoms with Crippen molar-refractivity contribution in [3.05, 3.63) is 74.9 Å². The molecule has 4 heterocycles. The van der Waals surface area contributed by atoms with Gasteiger partial charge in [0.1, 0.15) is 12.2 Å². The molecule has 1 aliphatic rings. The van der Waals surface area contributed by atoms with Crippen LogP contribution in [0.4, 0.5) is 18.9 Å². The summed E-state index contributed by atoms with van der Waals surface area (Å²) in [4.78, 5) is 31.9. The summed E-state index contributed by atoms with van der Waals surface area (Å²) in [6.07, 6.45) is -1.68. The highest BCUT2D eigenvalue weighted by Crippen LogP contribution is 2.29. The topological polar surface area (TPSA) is 142 Å². The predicted molar refractivity (Wildman–Crippen MR) is 148 cm³/mol. The first-order chi connectivity index (χ1) is 20.3. The number of nitrogens with one attached hydrogen (secondary N) is 2. The van der Waals surface area contributed by atoms with Crippen LogP contribution in [0.15, 0.2) is 36.5 Å². The zero-order chi connectivity index (χ0) is 30.9. The lowest BCUT2D eigenvalue weighted by Crippen LogP contribution is -2.40. The van der Waals surface area contributed by atoms with E-state index in [1.54, 1.807) is 19.1 Å². The second kappa shape index (κ2) is 11.9. The zero-order valence-corrected chi connectivity index (χ0v) is 24.3. The van der Waals surface area contributed by atoms with Crippen LogP contribution in [0.5, 0.6) is 0 Å². The van der Waals surface area contributed by atoms with E-state index in [1.807, 2.05) is 6.92 Å². The SMILES string of the molecule is Cc1cc(Cl)cc(C(=O)NCC2(C)CCCO2)c1NC(=O)c1cc(Cn2nnc(C(F)(F)F)n2)nn1-c1ncccc1Cl. The van der Waals surface area contributed by atoms with E-state index in [-0.39, 0.29) is 51.6 Å². The summed E-state index contributed by atoms with van der Waals surface area (Å²) in [6.45, 7) is 4.09. The number of rotatable bonds is 8. The Morgan fingerprint density at radius 3 is 2.63 bits per heavy atom. The number of benzene rings is 1. The molecule has 3 aromatic heterocycles. The Morgan fingerprint density at radius 2 is 1.95 bits per heavy atom. The highest BCUT2D eigenvalue weighted by molar-refractivity contribution is 6.32. The molecule has 12 nitrogen and oxygen atoms in total. The maximum atomic E-state index is 13.7. The zero-order valence-electron chi connectivity index (χ0n) is 22.7. The number of halogens is 5. The second-order valence-electron chi connectivity index (χ2n) is 10.1. The number of ether oxygens (including phenoxy) is 1. The van der Waals surface area contributed by atoms with Gasteiger partial charge in [0.15, 0.2) is 5.82 Å². The van der Waals surface area contributed by atoms with Crippen LogP contribution in [-0.4, -0.2) is 65.5 Å². The lowest BCUT2D eigenvalue weighted by atomic mass is 10.0. The summed E-state index contributed by atoms with van der Waals surface area (Å²) in [5.41, 5.74) is 0.334. The summed E-state index contributed by atoms with van der Waals surface area (Å²) in [5, 5.41) is 20.1. The number of nitrogens with zero attached hydrogens (tertiary/aromatic N) is 7. The molecule has 1 fully saturated rings. The molecule has 2 N–H and O–H groups in total. The Morgan fingerprint density at radius 1 is 1.16 bits per heavy atom. The van der Waals surface area contributed by atoms with E-state index in [9.17, 15) is 22.8 Å². The van der Waals surface area contributed by atoms with Crippen molar-refractivity contribution in [3.63, 3.8) is 0 Å². The molecule has 5 rings (SSSR count). The Balaban J connectivity index is 1.46. The molecule has 226 valence electrons. The van der Waals surface area contributed by atoms with E-state index in [0.29, 0.717) is 17.0 Å². The van der Waals surface area contributed by atoms with Gasteiger partial charge >= 0.3 is 6.18 Å². The monoisotopic (exact) mass is 637 g/mol. The predicted octanol–water partition coefficient (Wildman–Crippen LogP) is 4.49. The van der Waals surface area contributed by atoms with E-state index in [2.05, 4.69) is 36.1 Å². The number of pyridine rings is 1. The van der Waals surface area contributed by atoms with Crippen LogP contribution >= 0.6 is 23.2 Å². The van der Waals surface area contributed by atoms with Gasteiger partial charge in [-0.15, -0.1) is 10.2 Å². The second-order valence-corrected chi connectivity index (χ2v) is 10.9. The number of aryl methyl sites for hydroxylation is 1. The molecule has 4 aromatic rings. The number of hydrogen-bond donors (Lipinski definition) is 2. The molecule has 0 bridgehead atoms. The molecule has 0 saturated carbocycles. The van der Waals surface area contributed by atoms with E-state index in [0.717, 1.165) is 17.5 Å². The Kier molecular flexibility index (Phi) is 8.40. The number of alkyl halides is 3. The Bertz CT molecular complexity index is 1680. The third-order valence-corrected chi connectivity index (χ3v) is 7.16. The summed E-state index contributed by atoms with van der Waals surface area (Å²) in [6, 6.07) is 7.45. The van der Waals surface area contributed by atoms with E-state index < -0.39 is 29.4 Å². The molecule has 1 aromatic carbocycles. The van der Waals surface area contributed by atoms with E-state index in [1.165, 1.54) is 24.4 Å². The van der Waals surface area contributed by atoms with Gasteiger partial charge in [-0.25, -0.2) is 9.67 Å². The minimum absolute atomic E-state index is 0.0821. The number of carbonyl (C=O) groups is 2. The lowest BCUT2D eigenvalue weighted by Gasteiger charge is -2.24. The molecule has 1 aliphatic heterocycles. The largest absolute Gasteiger partial charge is 0.455 e. The molecule has 0 radical (unpaired) electrons. The standard InChI is InChI=1S/C26H24Cl2F3N9O3/c1-14-9-15(27)10-17(22(41)33-13-25(2)6-4-8-43-25)20(14)34-23(42)19-11-16(12-39-37-24(35-38-39)26(29,30)31)36-40(19)21-18(28)5-3-7-32-21/h3,5,7,9-11H,4,6,8,12-13H2,1-2H3,(H,33,41)(H,34,42). The van der Waals surface area contributed by atoms with Crippen molar-refractivity contribution < 1.29 is 27.5 Å². The fourth-order valence-electron chi connectivity index (χ4n) is 4.54. The van der Waals surface area contributed by atoms with E-state index >= 15 is 0 Å². The van der Waals surface area contributed by atoms with Gasteiger partial charge in [0, 0.05) is 24.4 Å². The first-order valence-corrected chi connectivity index (χ1v) is 13.7. The molecule has 17 heteroatoms. The molecule has 1 saturated heterocycles. The highest BCUT2D eigenvalue weighted by Gasteiger charge is 2.37. The van der Waals surface area contributed by atoms with Crippen molar-refractivity contribution in [1.29, 1.82) is 0 Å². The van der Waals surface area contributed by atoms with Gasteiger partial charge in [-0.3, -0.25) is 9.59 Å². The van der Waals surface area contributed by atoms with Crippen molar-refractivity contribution in [2.45, 2.75) is 45.0 Å². The van der Waals surface area contributed by atoms with Gasteiger partial charge in [-0.1, -0.05) is 23.2 Å². The van der Waals surface area contributed by atoms with Crippen LogP contribution in [0.3, 0.4) is 0 Å². The highest BCUT2D eigenvalue weighted by atomic mass is 35.5. The molecular weight excluding hydrogens is 614 g/mol. The smallest absolute Gasteiger partial charge is 0.373 e. The number of hydrogen-bond acceptors (Lipinski definition) is 8. The Hall–Kier alpha value is -4.08. The van der Waals surface area contributed by atoms with Gasteiger partial charge in [0.25, 0.3) is 17.6 Å². The lowest BCUT2D eigenvalue weighted by molar-refractivity contribution is -0.145. The van der Waals surface area contributed by atoms with Gasteiger partial charge < -0.3 is 15.4 Å². The fourth-order valence-corrected chi connectivity index (χ4v) is 5.01. The minimum atomic E-state index is -4.79. The number of carbonyl (C=O) groups excluding carboxylic acids is 2. The third-order valence-electron chi connectivity index (χ3n) is 6.65. The van der Waals surface area contributed by atoms with Crippen LogP contribution in [0, 0.1) is 6.92 Å². The van der Waals surface area contributed by atoms with Crippen LogP contribution in [0.1, 0.15) is 57.7 Å². The van der Waals surface area contributed by atoms with Crippen LogP contribution in [0.2, 0.25) is 10.0 Å². The van der Waals surface area contributed by atoms with Gasteiger partial charge in [-0.05, 0) is 67.8 Å². The van der Waals surface area contributed by atoms with E-state index in [4.69, 9.17) is 27.9 Å². The summed E-state index contributed by atoms with van der Waals surface area (Å²) < 4.78 is 45.8. The quantitative estimate of drug-likeness (QED) is 0.288. The first-order valence-electron chi connectivity index (χ1n) is 12.9. The van der Waals surface area contributed by atoms with Crippen LogP contribution in [-0.2, 0) is 17.5 Å². The maximum Gasteiger partial charge on any atom is 0.455 e. The molecule has 2 amide bonds. The van der Waals surface area contributed by atoms with Crippen molar-refractivity contribution in [1.82, 2.24) is 40.3 Å². The molecule has 1 atom stereocenters. The van der Waals surface area contributed by atoms with Crippen LogP contribution in [0.25, 0.3) is 5.82 Å². The molecule has 0 spiro atoms. The number of tetrazole rings is 1. The van der Waals surface area contributed by atoms with Gasteiger partial charge in [0.2, 0.25) is 0 Å². The van der Waals surface area contributed by atoms with Crippen molar-refractivity contribution in [2.75, 3.05) is 18.5 Å². The Labute approximate surface area is 252 Å². The first kappa shape index (κ1) is 30.4. The fraction of sp³-hybridized carbons (Fsp3) is 0.346. The molecule has 43 heavy (non-hydrogen) atoms. The average molecular weight is 638 g/mol. The molecule has 1 unspecified atom stereocenters. The number of aromatic nitrogens is 7. The third kappa shape index (κ3) is 6.78. The number of anilines is 1. The summed E-state index contributed by atoms with van der Waals surface area (Å²) >= 11 is 12.6. The van der Waals surface area contributed by atoms with Gasteiger partial charge in [0.05, 0.1) is 27.6 Å². The average Bonchev–Trinajstić information content (AvgIpc) is 3.69. The number of amides is 2. The maximum absolute atomic E-state index is 13.7.